The topological polar surface area (TPSA) is 276 Å². The van der Waals surface area contributed by atoms with Gasteiger partial charge in [0, 0.05) is 0 Å². The van der Waals surface area contributed by atoms with Gasteiger partial charge in [0.25, 0.3) is 0 Å². The van der Waals surface area contributed by atoms with E-state index < -0.39 is 84.2 Å². The van der Waals surface area contributed by atoms with Crippen LogP contribution in [-0.4, -0.2) is 74.3 Å². The number of ether oxygens (including phenoxy) is 2. The minimum atomic E-state index is -5.01. The first-order valence-corrected chi connectivity index (χ1v) is 21.3. The molecule has 0 saturated heterocycles. The molecule has 0 saturated carbocycles. The van der Waals surface area contributed by atoms with Gasteiger partial charge in [0.15, 0.2) is 12.2 Å². The van der Waals surface area contributed by atoms with Crippen molar-refractivity contribution in [2.24, 2.45) is 0 Å². The molecule has 0 fully saturated rings. The molecule has 22 heteroatoms. The molecule has 284 valence electrons. The zero-order valence-electron chi connectivity index (χ0n) is 29.5. The number of benzene rings is 2. The van der Waals surface area contributed by atoms with Crippen LogP contribution in [0, 0.1) is 0 Å². The van der Waals surface area contributed by atoms with E-state index in [-0.39, 0.29) is 72.0 Å². The smallest absolute Gasteiger partial charge is 0.744 e. The van der Waals surface area contributed by atoms with Crippen LogP contribution in [0.4, 0.5) is 0 Å². The molecular formula is C30H42Na2O16S4. The van der Waals surface area contributed by atoms with Crippen molar-refractivity contribution in [2.45, 2.75) is 113 Å². The summed E-state index contributed by atoms with van der Waals surface area (Å²) >= 11 is 0. The predicted molar refractivity (Wildman–Crippen MR) is 178 cm³/mol. The largest absolute Gasteiger partial charge is 1.00 e. The average Bonchev–Trinajstić information content (AvgIpc) is 3.01. The second kappa shape index (κ2) is 25.2. The predicted octanol–water partition coefficient (Wildman–Crippen LogP) is -1.77. The molecule has 2 rings (SSSR count). The van der Waals surface area contributed by atoms with E-state index in [0.717, 1.165) is 62.8 Å². The Morgan fingerprint density at radius 1 is 0.558 bits per heavy atom. The Morgan fingerprint density at radius 3 is 1.12 bits per heavy atom. The molecule has 16 nitrogen and oxygen atoms in total. The van der Waals surface area contributed by atoms with Gasteiger partial charge in [0.05, 0.1) is 9.79 Å². The monoisotopic (exact) mass is 832 g/mol. The molecule has 0 spiro atoms. The summed E-state index contributed by atoms with van der Waals surface area (Å²) in [6.07, 6.45) is 4.79. The van der Waals surface area contributed by atoms with Crippen molar-refractivity contribution in [3.8, 4) is 11.5 Å². The molecule has 2 aromatic rings. The van der Waals surface area contributed by atoms with Crippen molar-refractivity contribution in [1.29, 1.82) is 0 Å². The van der Waals surface area contributed by atoms with Gasteiger partial charge < -0.3 is 18.6 Å². The van der Waals surface area contributed by atoms with E-state index in [1.807, 2.05) is 13.8 Å². The number of hydrogen-bond donors (Lipinski definition) is 2. The fourth-order valence-electron chi connectivity index (χ4n) is 4.46. The molecule has 52 heavy (non-hydrogen) atoms. The molecule has 0 heterocycles. The van der Waals surface area contributed by atoms with E-state index in [0.29, 0.717) is 25.7 Å². The average molecular weight is 833 g/mol. The van der Waals surface area contributed by atoms with Crippen molar-refractivity contribution in [1.82, 2.24) is 0 Å². The molecular weight excluding hydrogens is 791 g/mol. The number of rotatable bonds is 20. The van der Waals surface area contributed by atoms with Gasteiger partial charge in [-0.25, -0.2) is 16.8 Å². The first kappa shape index (κ1) is 53.1. The molecule has 0 amide bonds. The van der Waals surface area contributed by atoms with Gasteiger partial charge >= 0.3 is 89.6 Å². The first-order chi connectivity index (χ1) is 23.1. The van der Waals surface area contributed by atoms with E-state index in [9.17, 15) is 52.4 Å². The van der Waals surface area contributed by atoms with Crippen LogP contribution in [0.1, 0.15) is 90.9 Å². The molecule has 0 aliphatic heterocycles. The van der Waals surface area contributed by atoms with Crippen LogP contribution in [0.25, 0.3) is 0 Å². The molecule has 2 unspecified atom stereocenters. The van der Waals surface area contributed by atoms with Gasteiger partial charge in [-0.3, -0.25) is 18.7 Å². The summed E-state index contributed by atoms with van der Waals surface area (Å²) in [7, 11) is -19.8. The fraction of sp³-hybridized carbons (Fsp3) is 0.533. The normalized spacial score (nSPS) is 12.9. The molecule has 0 aromatic heterocycles. The van der Waals surface area contributed by atoms with Gasteiger partial charge in [-0.1, -0.05) is 89.5 Å². The standard InChI is InChI=1S/2C15H22O8S2.2Na/c2*1-2-3-4-5-6-10-13(15(16)25(20,21)22)23-12-9-7-8-11-14(12)24(17,18)19;;/h2*7-9,11,13H,2-6,10H2,1H3,(H,17,18,19)(H,20,21,22);;/q;;2*+1/p-2. The SMILES string of the molecule is CCCCCCCC(Oc1ccccc1S(=O)(=O)[O-])C(=O)S(=O)(=O)O.CCCCCCCC(Oc1ccccc1S(=O)(=O)[O-])C(=O)S(=O)(=O)O.[Na+].[Na+]. The maximum absolute atomic E-state index is 11.9. The van der Waals surface area contributed by atoms with Crippen LogP contribution in [0.3, 0.4) is 0 Å². The first-order valence-electron chi connectivity index (χ1n) is 15.6. The Balaban J connectivity index is 0. The Bertz CT molecular complexity index is 1710. The third-order valence-corrected chi connectivity index (χ3v) is 10.2. The third-order valence-electron chi connectivity index (χ3n) is 6.95. The zero-order chi connectivity index (χ0) is 38.2. The van der Waals surface area contributed by atoms with Crippen molar-refractivity contribution >= 4 is 50.7 Å². The minimum Gasteiger partial charge on any atom is -0.744 e. The molecule has 2 atom stereocenters. The molecule has 2 N–H and O–H groups in total. The molecule has 0 aliphatic rings. The Labute approximate surface area is 350 Å². The van der Waals surface area contributed by atoms with Gasteiger partial charge in [-0.2, -0.15) is 16.8 Å². The summed E-state index contributed by atoms with van der Waals surface area (Å²) < 4.78 is 140. The van der Waals surface area contributed by atoms with Crippen LogP contribution in [-0.2, 0) is 50.1 Å². The van der Waals surface area contributed by atoms with E-state index in [2.05, 4.69) is 0 Å². The van der Waals surface area contributed by atoms with E-state index >= 15 is 0 Å². The van der Waals surface area contributed by atoms with E-state index in [1.54, 1.807) is 0 Å². The van der Waals surface area contributed by atoms with Crippen molar-refractivity contribution in [2.75, 3.05) is 0 Å². The second-order valence-electron chi connectivity index (χ2n) is 11.0. The van der Waals surface area contributed by atoms with Crippen LogP contribution in [0.2, 0.25) is 0 Å². The van der Waals surface area contributed by atoms with Gasteiger partial charge in [-0.05, 0) is 49.9 Å². The summed E-state index contributed by atoms with van der Waals surface area (Å²) in [6.45, 7) is 4.04. The summed E-state index contributed by atoms with van der Waals surface area (Å²) in [6, 6.07) is 9.62. The summed E-state index contributed by atoms with van der Waals surface area (Å²) in [4.78, 5) is 22.3. The zero-order valence-corrected chi connectivity index (χ0v) is 36.8. The fourth-order valence-corrected chi connectivity index (χ4v) is 6.68. The third kappa shape index (κ3) is 20.1. The Hall–Kier alpha value is -0.980. The van der Waals surface area contributed by atoms with Gasteiger partial charge in [0.2, 0.25) is 0 Å². The number of hydrogen-bond acceptors (Lipinski definition) is 14. The number of unbranched alkanes of at least 4 members (excludes halogenated alkanes) is 8. The van der Waals surface area contributed by atoms with Crippen LogP contribution >= 0.6 is 0 Å². The van der Waals surface area contributed by atoms with Crippen LogP contribution in [0.15, 0.2) is 58.3 Å². The Kier molecular flexibility index (Phi) is 25.8. The quantitative estimate of drug-likeness (QED) is 0.0849. The van der Waals surface area contributed by atoms with Crippen molar-refractivity contribution in [3.63, 3.8) is 0 Å². The van der Waals surface area contributed by atoms with E-state index in [1.165, 1.54) is 24.3 Å². The molecule has 0 radical (unpaired) electrons. The van der Waals surface area contributed by atoms with Gasteiger partial charge in [0.1, 0.15) is 31.7 Å². The minimum absolute atomic E-state index is 0. The second-order valence-corrected chi connectivity index (χ2v) is 16.4. The summed E-state index contributed by atoms with van der Waals surface area (Å²) in [5, 5.41) is -3.14. The van der Waals surface area contributed by atoms with Gasteiger partial charge in [-0.15, -0.1) is 0 Å². The van der Waals surface area contributed by atoms with Crippen LogP contribution < -0.4 is 68.6 Å². The van der Waals surface area contributed by atoms with Crippen molar-refractivity contribution < 1.29 is 130 Å². The number of carbonyl (C=O) groups is 2. The van der Waals surface area contributed by atoms with E-state index in [4.69, 9.17) is 18.6 Å². The maximum Gasteiger partial charge on any atom is 1.00 e. The summed E-state index contributed by atoms with van der Waals surface area (Å²) in [5.41, 5.74) is 0. The molecule has 0 aliphatic carbocycles. The Morgan fingerprint density at radius 2 is 0.846 bits per heavy atom. The number of carbonyl (C=O) groups excluding carboxylic acids is 2. The maximum atomic E-state index is 11.9. The van der Waals surface area contributed by atoms with Crippen LogP contribution in [0.5, 0.6) is 11.5 Å². The molecule has 2 aromatic carbocycles. The molecule has 0 bridgehead atoms. The summed E-state index contributed by atoms with van der Waals surface area (Å²) in [5.74, 6) is -0.846. The van der Waals surface area contributed by atoms with Crippen molar-refractivity contribution in [3.05, 3.63) is 48.5 Å². The number of para-hydroxylation sites is 2.